The number of nitrogens with zero attached hydrogens (tertiary/aromatic N) is 1. The van der Waals surface area contributed by atoms with Crippen molar-refractivity contribution in [1.82, 2.24) is 4.72 Å². The number of anilines is 1. The zero-order valence-corrected chi connectivity index (χ0v) is 13.1. The molecule has 1 aliphatic rings. The molecule has 0 aliphatic carbocycles. The fourth-order valence-corrected chi connectivity index (χ4v) is 3.77. The van der Waals surface area contributed by atoms with Crippen LogP contribution in [0.4, 0.5) is 5.69 Å². The minimum absolute atomic E-state index is 0.0552. The molecule has 0 saturated carbocycles. The second-order valence-electron chi connectivity index (χ2n) is 4.96. The third-order valence-corrected chi connectivity index (χ3v) is 5.12. The van der Waals surface area contributed by atoms with Gasteiger partial charge in [0.25, 0.3) is 11.8 Å². The predicted octanol–water partition coefficient (Wildman–Crippen LogP) is 1.79. The summed E-state index contributed by atoms with van der Waals surface area (Å²) in [6.07, 6.45) is 0. The van der Waals surface area contributed by atoms with Crippen molar-refractivity contribution in [1.29, 1.82) is 0 Å². The van der Waals surface area contributed by atoms with Crippen molar-refractivity contribution in [2.75, 3.05) is 11.4 Å². The van der Waals surface area contributed by atoms with Gasteiger partial charge in [0, 0.05) is 6.54 Å². The van der Waals surface area contributed by atoms with E-state index in [9.17, 15) is 18.0 Å². The van der Waals surface area contributed by atoms with Gasteiger partial charge in [-0.1, -0.05) is 31.2 Å². The van der Waals surface area contributed by atoms with Crippen molar-refractivity contribution in [2.24, 2.45) is 0 Å². The lowest BCUT2D eigenvalue weighted by molar-refractivity contribution is 0.0925. The van der Waals surface area contributed by atoms with Crippen LogP contribution in [0.5, 0.6) is 0 Å². The first-order valence-corrected chi connectivity index (χ1v) is 8.52. The highest BCUT2D eigenvalue weighted by Gasteiger charge is 2.38. The van der Waals surface area contributed by atoms with E-state index in [0.29, 0.717) is 0 Å². The molecule has 0 spiro atoms. The van der Waals surface area contributed by atoms with Gasteiger partial charge in [-0.05, 0) is 24.3 Å². The third-order valence-electron chi connectivity index (χ3n) is 3.52. The van der Waals surface area contributed by atoms with Crippen molar-refractivity contribution in [2.45, 2.75) is 11.8 Å². The number of carbonyl (C=O) groups is 2. The van der Waals surface area contributed by atoms with Crippen LogP contribution in [0.25, 0.3) is 0 Å². The number of nitrogens with one attached hydrogen (secondary N) is 1. The molecule has 0 radical (unpaired) electrons. The molecule has 23 heavy (non-hydrogen) atoms. The molecule has 118 valence electrons. The molecule has 2 aromatic carbocycles. The first-order chi connectivity index (χ1) is 11.0. The Morgan fingerprint density at radius 2 is 1.43 bits per heavy atom. The van der Waals surface area contributed by atoms with Crippen LogP contribution in [0, 0.1) is 0 Å². The van der Waals surface area contributed by atoms with E-state index in [0.717, 1.165) is 4.90 Å². The number of rotatable bonds is 4. The molecule has 0 saturated heterocycles. The molecule has 0 bridgehead atoms. The van der Waals surface area contributed by atoms with E-state index < -0.39 is 21.8 Å². The van der Waals surface area contributed by atoms with Gasteiger partial charge in [-0.2, -0.15) is 0 Å². The van der Waals surface area contributed by atoms with E-state index in [2.05, 4.69) is 4.72 Å². The summed E-state index contributed by atoms with van der Waals surface area (Å²) in [6, 6.07) is 12.4. The van der Waals surface area contributed by atoms with Gasteiger partial charge in [0.1, 0.15) is 4.90 Å². The summed E-state index contributed by atoms with van der Waals surface area (Å²) in [6.45, 7) is 1.86. The lowest BCUT2D eigenvalue weighted by Gasteiger charge is -2.18. The van der Waals surface area contributed by atoms with Crippen LogP contribution in [-0.2, 0) is 10.0 Å². The highest BCUT2D eigenvalue weighted by atomic mass is 32.2. The second kappa shape index (κ2) is 5.60. The molecule has 1 N–H and O–H groups in total. The van der Waals surface area contributed by atoms with Crippen LogP contribution in [-0.4, -0.2) is 26.8 Å². The van der Waals surface area contributed by atoms with Gasteiger partial charge in [-0.3, -0.25) is 9.59 Å². The third kappa shape index (κ3) is 2.43. The number of para-hydroxylation sites is 1. The molecule has 1 heterocycles. The molecule has 2 amide bonds. The second-order valence-corrected chi connectivity index (χ2v) is 6.70. The Balaban J connectivity index is 2.15. The van der Waals surface area contributed by atoms with Crippen molar-refractivity contribution in [3.05, 3.63) is 59.7 Å². The van der Waals surface area contributed by atoms with Crippen LogP contribution in [0.2, 0.25) is 0 Å². The van der Waals surface area contributed by atoms with Gasteiger partial charge in [0.15, 0.2) is 0 Å². The molecule has 1 aliphatic heterocycles. The standard InChI is InChI=1S/C16H14N2O4S/c1-2-17-23(21,22)14-10-6-5-9-13(14)18-15(19)11-7-3-4-8-12(11)16(18)20/h3-10,17H,2H2,1H3. The molecule has 0 atom stereocenters. The first-order valence-electron chi connectivity index (χ1n) is 7.04. The summed E-state index contributed by atoms with van der Waals surface area (Å²) in [5.74, 6) is -1.05. The van der Waals surface area contributed by atoms with Crippen LogP contribution in [0.15, 0.2) is 53.4 Å². The zero-order valence-electron chi connectivity index (χ0n) is 12.3. The Labute approximate surface area is 133 Å². The van der Waals surface area contributed by atoms with Crippen LogP contribution >= 0.6 is 0 Å². The normalized spacial score (nSPS) is 14.2. The van der Waals surface area contributed by atoms with Gasteiger partial charge >= 0.3 is 0 Å². The maximum atomic E-state index is 12.5. The Morgan fingerprint density at radius 3 is 2.00 bits per heavy atom. The predicted molar refractivity (Wildman–Crippen MR) is 84.9 cm³/mol. The molecule has 7 heteroatoms. The monoisotopic (exact) mass is 330 g/mol. The first kappa shape index (κ1) is 15.4. The maximum Gasteiger partial charge on any atom is 0.266 e. The molecule has 2 aromatic rings. The number of sulfonamides is 1. The van der Waals surface area contributed by atoms with Crippen LogP contribution < -0.4 is 9.62 Å². The fraction of sp³-hybridized carbons (Fsp3) is 0.125. The quantitative estimate of drug-likeness (QED) is 0.866. The number of amides is 2. The van der Waals surface area contributed by atoms with E-state index >= 15 is 0 Å². The average molecular weight is 330 g/mol. The summed E-state index contributed by atoms with van der Waals surface area (Å²) in [4.78, 5) is 25.9. The summed E-state index contributed by atoms with van der Waals surface area (Å²) in [5.41, 5.74) is 0.598. The van der Waals surface area contributed by atoms with Crippen LogP contribution in [0.1, 0.15) is 27.6 Å². The number of benzene rings is 2. The van der Waals surface area contributed by atoms with Crippen molar-refractivity contribution in [3.63, 3.8) is 0 Å². The van der Waals surface area contributed by atoms with Gasteiger partial charge in [-0.15, -0.1) is 0 Å². The Morgan fingerprint density at radius 1 is 0.913 bits per heavy atom. The smallest absolute Gasteiger partial charge is 0.266 e. The largest absolute Gasteiger partial charge is 0.268 e. The summed E-state index contributed by atoms with van der Waals surface area (Å²) in [7, 11) is -3.81. The van der Waals surface area contributed by atoms with Crippen molar-refractivity contribution in [3.8, 4) is 0 Å². The minimum Gasteiger partial charge on any atom is -0.268 e. The molecule has 0 aromatic heterocycles. The highest BCUT2D eigenvalue weighted by Crippen LogP contribution is 2.32. The number of carbonyl (C=O) groups excluding carboxylic acids is 2. The topological polar surface area (TPSA) is 83.6 Å². The van der Waals surface area contributed by atoms with Crippen molar-refractivity contribution < 1.29 is 18.0 Å². The Bertz CT molecular complexity index is 871. The Kier molecular flexibility index (Phi) is 3.75. The molecular weight excluding hydrogens is 316 g/mol. The molecule has 0 unspecified atom stereocenters. The van der Waals surface area contributed by atoms with Gasteiger partial charge in [0.2, 0.25) is 10.0 Å². The zero-order chi connectivity index (χ0) is 16.6. The molecular formula is C16H14N2O4S. The fourth-order valence-electron chi connectivity index (χ4n) is 2.54. The van der Waals surface area contributed by atoms with E-state index in [1.54, 1.807) is 43.3 Å². The van der Waals surface area contributed by atoms with Gasteiger partial charge in [-0.25, -0.2) is 18.0 Å². The number of fused-ring (bicyclic) bond motifs is 1. The Hall–Kier alpha value is -2.51. The van der Waals surface area contributed by atoms with Gasteiger partial charge < -0.3 is 0 Å². The number of imide groups is 1. The van der Waals surface area contributed by atoms with E-state index in [1.807, 2.05) is 0 Å². The van der Waals surface area contributed by atoms with E-state index in [-0.39, 0.29) is 28.3 Å². The SMILES string of the molecule is CCNS(=O)(=O)c1ccccc1N1C(=O)c2ccccc2C1=O. The average Bonchev–Trinajstić information content (AvgIpc) is 2.79. The molecule has 6 nitrogen and oxygen atoms in total. The van der Waals surface area contributed by atoms with E-state index in [4.69, 9.17) is 0 Å². The maximum absolute atomic E-state index is 12.5. The number of hydrogen-bond donors (Lipinski definition) is 1. The minimum atomic E-state index is -3.81. The summed E-state index contributed by atoms with van der Waals surface area (Å²) >= 11 is 0. The summed E-state index contributed by atoms with van der Waals surface area (Å²) in [5, 5.41) is 0. The lowest BCUT2D eigenvalue weighted by Crippen LogP contribution is -2.32. The van der Waals surface area contributed by atoms with Gasteiger partial charge in [0.05, 0.1) is 16.8 Å². The van der Waals surface area contributed by atoms with Crippen molar-refractivity contribution >= 4 is 27.5 Å². The molecule has 0 fully saturated rings. The number of hydrogen-bond acceptors (Lipinski definition) is 4. The highest BCUT2D eigenvalue weighted by molar-refractivity contribution is 7.89. The molecule has 3 rings (SSSR count). The summed E-state index contributed by atoms with van der Waals surface area (Å²) < 4.78 is 27.0. The lowest BCUT2D eigenvalue weighted by atomic mass is 10.1. The van der Waals surface area contributed by atoms with Crippen LogP contribution in [0.3, 0.4) is 0 Å². The van der Waals surface area contributed by atoms with E-state index in [1.165, 1.54) is 12.1 Å².